The number of hydrogen-bond donors (Lipinski definition) is 10. The van der Waals surface area contributed by atoms with Gasteiger partial charge in [0.1, 0.15) is 41.0 Å². The Hall–Kier alpha value is -7.34. The SMILES string of the molecule is COc1cccc2c1C(=O)c1c(O)c3c(c(O)c1C2=O)CC(O)(C(=O)NCCNC(=O)CNC(=O)[C@H](CCCNC(N)=O)NC(=O)[C@@H](NC(=O)CCCCCN1C(=O)CCC1=O)C(C)C)C[C@@H]3O[C@H]1C[C@H]2[C@H](O[C@@H]3C(OC)OCCN32)[C@H](C)O1. The Bertz CT molecular complexity index is 2890. The zero-order chi connectivity index (χ0) is 60.7. The number of methoxy groups -OCH3 is 2. The molecule has 28 heteroatoms. The summed E-state index contributed by atoms with van der Waals surface area (Å²) >= 11 is 0. The van der Waals surface area contributed by atoms with E-state index in [1.807, 2.05) is 0 Å². The number of hydrogen-bond acceptors (Lipinski definition) is 20. The van der Waals surface area contributed by atoms with Gasteiger partial charge in [-0.05, 0) is 44.6 Å². The molecule has 2 aliphatic carbocycles. The average molecular weight is 1180 g/mol. The van der Waals surface area contributed by atoms with E-state index in [1.165, 1.54) is 37.3 Å². The number of ketones is 2. The van der Waals surface area contributed by atoms with Gasteiger partial charge in [-0.2, -0.15) is 0 Å². The van der Waals surface area contributed by atoms with Crippen LogP contribution in [0, 0.1) is 5.92 Å². The number of ether oxygens (including phenoxy) is 6. The van der Waals surface area contributed by atoms with E-state index in [0.717, 1.165) is 0 Å². The summed E-state index contributed by atoms with van der Waals surface area (Å²) in [5.41, 5.74) is 1.10. The molecule has 2 aromatic rings. The molecule has 11 N–H and O–H groups in total. The van der Waals surface area contributed by atoms with Crippen molar-refractivity contribution in [3.05, 3.63) is 51.6 Å². The van der Waals surface area contributed by atoms with Crippen molar-refractivity contribution in [3.8, 4) is 17.2 Å². The molecule has 458 valence electrons. The number of aliphatic hydroxyl groups is 1. The van der Waals surface area contributed by atoms with Crippen LogP contribution in [0.4, 0.5) is 4.79 Å². The zero-order valence-corrected chi connectivity index (χ0v) is 47.6. The van der Waals surface area contributed by atoms with E-state index in [2.05, 4.69) is 36.8 Å². The maximum atomic E-state index is 14.3. The molecule has 9 amide bonds. The molecule has 4 aliphatic heterocycles. The number of unbranched alkanes of at least 4 members (excludes halogenated alkanes) is 2. The Morgan fingerprint density at radius 3 is 2.26 bits per heavy atom. The molecule has 0 aromatic heterocycles. The van der Waals surface area contributed by atoms with Gasteiger partial charge in [0.2, 0.25) is 41.2 Å². The molecule has 8 rings (SSSR count). The molecule has 0 bridgehead atoms. The Morgan fingerprint density at radius 2 is 1.56 bits per heavy atom. The minimum Gasteiger partial charge on any atom is -0.507 e. The zero-order valence-electron chi connectivity index (χ0n) is 47.6. The second-order valence-electron chi connectivity index (χ2n) is 22.1. The fraction of sp³-hybridized carbons (Fsp3) is 0.607. The van der Waals surface area contributed by atoms with Crippen molar-refractivity contribution in [2.45, 2.75) is 152 Å². The summed E-state index contributed by atoms with van der Waals surface area (Å²) in [6, 6.07) is 0.938. The number of phenolic OH excluding ortho intramolecular Hbond substituents is 2. The summed E-state index contributed by atoms with van der Waals surface area (Å²) in [5.74, 6) is -7.50. The molecule has 0 radical (unpaired) electrons. The van der Waals surface area contributed by atoms with Crippen LogP contribution in [0.5, 0.6) is 17.2 Å². The van der Waals surface area contributed by atoms with Gasteiger partial charge in [-0.15, -0.1) is 0 Å². The van der Waals surface area contributed by atoms with E-state index in [-0.39, 0.29) is 111 Å². The van der Waals surface area contributed by atoms with Gasteiger partial charge in [-0.1, -0.05) is 32.4 Å². The van der Waals surface area contributed by atoms with Crippen LogP contribution in [0.2, 0.25) is 0 Å². The van der Waals surface area contributed by atoms with Crippen molar-refractivity contribution < 1.29 is 91.7 Å². The van der Waals surface area contributed by atoms with Crippen LogP contribution >= 0.6 is 0 Å². The molecule has 0 saturated carbocycles. The number of phenols is 2. The first-order chi connectivity index (χ1) is 40.1. The monoisotopic (exact) mass is 1180 g/mol. The number of benzene rings is 2. The minimum atomic E-state index is -2.42. The lowest BCUT2D eigenvalue weighted by Crippen LogP contribution is -2.56. The summed E-state index contributed by atoms with van der Waals surface area (Å²) in [5, 5.41) is 51.9. The number of nitrogens with zero attached hydrogens (tertiary/aromatic N) is 2. The number of fused-ring (bicyclic) bond motifs is 6. The fourth-order valence-corrected chi connectivity index (χ4v) is 11.8. The van der Waals surface area contributed by atoms with Crippen LogP contribution in [0.3, 0.4) is 0 Å². The third-order valence-corrected chi connectivity index (χ3v) is 16.1. The van der Waals surface area contributed by atoms with Crippen molar-refractivity contribution in [1.29, 1.82) is 0 Å². The number of nitrogens with two attached hydrogens (primary N) is 1. The van der Waals surface area contributed by atoms with Crippen LogP contribution in [0.25, 0.3) is 0 Å². The molecular weight excluding hydrogens is 1100 g/mol. The number of carbonyl (C=O) groups is 10. The van der Waals surface area contributed by atoms with E-state index >= 15 is 0 Å². The lowest BCUT2D eigenvalue weighted by Gasteiger charge is -2.43. The smallest absolute Gasteiger partial charge is 0.312 e. The number of primary amides is 1. The Morgan fingerprint density at radius 1 is 0.833 bits per heavy atom. The highest BCUT2D eigenvalue weighted by Gasteiger charge is 2.55. The lowest BCUT2D eigenvalue weighted by molar-refractivity contribution is -0.256. The summed E-state index contributed by atoms with van der Waals surface area (Å²) in [7, 11) is 2.82. The lowest BCUT2D eigenvalue weighted by atomic mass is 9.72. The van der Waals surface area contributed by atoms with Crippen LogP contribution in [-0.4, -0.2) is 199 Å². The first-order valence-electron chi connectivity index (χ1n) is 28.3. The summed E-state index contributed by atoms with van der Waals surface area (Å²) in [4.78, 5) is 134. The summed E-state index contributed by atoms with van der Waals surface area (Å²) in [6.45, 7) is 5.25. The maximum Gasteiger partial charge on any atom is 0.312 e. The molecule has 4 saturated heterocycles. The molecule has 84 heavy (non-hydrogen) atoms. The topological polar surface area (TPSA) is 391 Å². The first-order valence-corrected chi connectivity index (χ1v) is 28.3. The molecule has 6 aliphatic rings. The summed E-state index contributed by atoms with van der Waals surface area (Å²) in [6.07, 6.45) is -3.70. The van der Waals surface area contributed by atoms with Gasteiger partial charge in [0, 0.05) is 101 Å². The van der Waals surface area contributed by atoms with Crippen molar-refractivity contribution in [2.75, 3.05) is 60.1 Å². The number of aromatic hydroxyl groups is 2. The number of nitrogens with one attached hydrogen (secondary N) is 6. The van der Waals surface area contributed by atoms with Gasteiger partial charge < -0.3 is 81.4 Å². The van der Waals surface area contributed by atoms with E-state index in [0.29, 0.717) is 32.4 Å². The van der Waals surface area contributed by atoms with Crippen molar-refractivity contribution in [1.82, 2.24) is 41.7 Å². The van der Waals surface area contributed by atoms with Crippen LogP contribution in [0.1, 0.15) is 134 Å². The highest BCUT2D eigenvalue weighted by atomic mass is 16.7. The fourth-order valence-electron chi connectivity index (χ4n) is 11.8. The predicted octanol–water partition coefficient (Wildman–Crippen LogP) is -0.718. The van der Waals surface area contributed by atoms with Crippen LogP contribution in [0.15, 0.2) is 18.2 Å². The molecular formula is C56H75N9O19. The van der Waals surface area contributed by atoms with Crippen molar-refractivity contribution >= 4 is 58.9 Å². The second kappa shape index (κ2) is 27.1. The molecule has 28 nitrogen and oxygen atoms in total. The normalized spacial score (nSPS) is 25.1. The molecule has 10 atom stereocenters. The Balaban J connectivity index is 0.898. The van der Waals surface area contributed by atoms with Gasteiger partial charge in [-0.25, -0.2) is 4.79 Å². The third-order valence-electron chi connectivity index (χ3n) is 16.1. The van der Waals surface area contributed by atoms with E-state index in [4.69, 9.17) is 34.2 Å². The Kier molecular flexibility index (Phi) is 20.3. The summed E-state index contributed by atoms with van der Waals surface area (Å²) < 4.78 is 36.0. The number of morpholine rings is 1. The van der Waals surface area contributed by atoms with E-state index in [1.54, 1.807) is 20.8 Å². The van der Waals surface area contributed by atoms with E-state index in [9.17, 15) is 63.3 Å². The van der Waals surface area contributed by atoms with Crippen LogP contribution < -0.4 is 42.4 Å². The first kappa shape index (κ1) is 62.7. The number of urea groups is 1. The van der Waals surface area contributed by atoms with Gasteiger partial charge in [0.25, 0.3) is 5.91 Å². The molecule has 4 heterocycles. The van der Waals surface area contributed by atoms with Crippen LogP contribution in [-0.2, 0) is 63.7 Å². The number of imide groups is 1. The highest BCUT2D eigenvalue weighted by molar-refractivity contribution is 6.31. The maximum absolute atomic E-state index is 14.3. The quantitative estimate of drug-likeness (QED) is 0.0284. The largest absolute Gasteiger partial charge is 0.507 e. The van der Waals surface area contributed by atoms with Gasteiger partial charge in [0.15, 0.2) is 24.6 Å². The average Bonchev–Trinajstić information content (AvgIpc) is 1.01. The number of amides is 9. The second-order valence-corrected chi connectivity index (χ2v) is 22.1. The number of rotatable bonds is 25. The standard InChI is InChI=1S/C56H75N9O19/c1-27(2)44(63-35(66)14-7-6-8-20-65-37(68)15-16-38(65)69)51(75)62-31(12-10-17-60-55(57)77)50(74)61-26-36(67)58-18-19-59-54(76)56(78)24-30-41(48(73)43-42(46(30)71)45(70)29-11-9-13-33(79-4)40(29)47(43)72)34(25-56)83-39-23-32-49(28(3)82-39)84-52-53(80-5)81-22-21-64(32)52/h9,11,13,27-28,31-32,34,39,44,49,52-53,71,73,78H,6-8,10,12,14-26H2,1-5H3,(H,58,67)(H,59,76)(H,61,74)(H,62,75)(H,63,66)(H3,57,60,77)/t28-,31-,32-,34-,39-,44-,49+,52+,53?,56?/m0/s1. The Labute approximate surface area is 483 Å². The molecule has 2 aromatic carbocycles. The number of carbonyl (C=O) groups excluding carboxylic acids is 10. The number of likely N-dealkylation sites (tertiary alicyclic amines) is 1. The van der Waals surface area contributed by atoms with Gasteiger partial charge in [0.05, 0.1) is 49.2 Å². The van der Waals surface area contributed by atoms with E-state index < -0.39 is 150 Å². The van der Waals surface area contributed by atoms with Crippen molar-refractivity contribution in [3.63, 3.8) is 0 Å². The molecule has 4 fully saturated rings. The minimum absolute atomic E-state index is 0.0179. The molecule has 0 spiro atoms. The van der Waals surface area contributed by atoms with Gasteiger partial charge >= 0.3 is 6.03 Å². The molecule has 2 unspecified atom stereocenters. The van der Waals surface area contributed by atoms with Gasteiger partial charge in [-0.3, -0.25) is 53.0 Å². The van der Waals surface area contributed by atoms with Crippen molar-refractivity contribution in [2.24, 2.45) is 11.7 Å². The third kappa shape index (κ3) is 13.6. The highest BCUT2D eigenvalue weighted by Crippen LogP contribution is 2.53. The predicted molar refractivity (Wildman–Crippen MR) is 291 cm³/mol.